The second-order valence-corrected chi connectivity index (χ2v) is 7.09. The minimum absolute atomic E-state index is 0.883. The van der Waals surface area contributed by atoms with E-state index < -0.39 is 0 Å². The number of piperazine rings is 1. The molecule has 1 N–H and O–H groups in total. The molecule has 1 saturated heterocycles. The van der Waals surface area contributed by atoms with Crippen LogP contribution in [-0.2, 0) is 0 Å². The molecular weight excluding hydrogens is 364 g/mol. The van der Waals surface area contributed by atoms with E-state index in [0.717, 1.165) is 59.8 Å². The second kappa shape index (κ2) is 7.43. The third kappa shape index (κ3) is 3.35. The lowest BCUT2D eigenvalue weighted by Crippen LogP contribution is -2.46. The van der Waals surface area contributed by atoms with Crippen LogP contribution in [0.5, 0.6) is 5.75 Å². The van der Waals surface area contributed by atoms with Gasteiger partial charge in [-0.2, -0.15) is 5.10 Å². The zero-order chi connectivity index (χ0) is 19.6. The van der Waals surface area contributed by atoms with E-state index in [2.05, 4.69) is 60.3 Å². The maximum absolute atomic E-state index is 5.26. The van der Waals surface area contributed by atoms with E-state index in [1.807, 2.05) is 24.5 Å². The molecule has 0 spiro atoms. The average Bonchev–Trinajstić information content (AvgIpc) is 3.34. The van der Waals surface area contributed by atoms with Gasteiger partial charge in [-0.3, -0.25) is 5.10 Å². The Balaban J connectivity index is 1.39. The highest BCUT2D eigenvalue weighted by Crippen LogP contribution is 2.29. The van der Waals surface area contributed by atoms with Crippen molar-refractivity contribution in [1.82, 2.24) is 20.2 Å². The fourth-order valence-electron chi connectivity index (χ4n) is 3.85. The molecule has 0 unspecified atom stereocenters. The number of benzene rings is 2. The van der Waals surface area contributed by atoms with Crippen LogP contribution in [-0.4, -0.2) is 53.5 Å². The molecule has 29 heavy (non-hydrogen) atoms. The van der Waals surface area contributed by atoms with Crippen LogP contribution in [0.3, 0.4) is 0 Å². The lowest BCUT2D eigenvalue weighted by molar-refractivity contribution is 0.415. The zero-order valence-electron chi connectivity index (χ0n) is 16.2. The van der Waals surface area contributed by atoms with Crippen LogP contribution in [0.1, 0.15) is 0 Å². The molecule has 0 atom stereocenters. The lowest BCUT2D eigenvalue weighted by atomic mass is 10.1. The van der Waals surface area contributed by atoms with Gasteiger partial charge in [0.15, 0.2) is 0 Å². The first-order valence-corrected chi connectivity index (χ1v) is 9.70. The summed E-state index contributed by atoms with van der Waals surface area (Å²) in [6, 6.07) is 14.5. The fourth-order valence-corrected chi connectivity index (χ4v) is 3.85. The van der Waals surface area contributed by atoms with Gasteiger partial charge in [-0.1, -0.05) is 6.07 Å². The number of hydrogen-bond acceptors (Lipinski definition) is 6. The number of nitrogens with zero attached hydrogens (tertiary/aromatic N) is 5. The van der Waals surface area contributed by atoms with Crippen molar-refractivity contribution in [1.29, 1.82) is 0 Å². The van der Waals surface area contributed by atoms with Crippen molar-refractivity contribution in [2.75, 3.05) is 43.1 Å². The van der Waals surface area contributed by atoms with Gasteiger partial charge in [-0.15, -0.1) is 0 Å². The molecule has 7 heteroatoms. The summed E-state index contributed by atoms with van der Waals surface area (Å²) in [5.41, 5.74) is 4.35. The van der Waals surface area contributed by atoms with Crippen molar-refractivity contribution < 1.29 is 4.74 Å². The lowest BCUT2D eigenvalue weighted by Gasteiger charge is -2.37. The zero-order valence-corrected chi connectivity index (χ0v) is 16.2. The summed E-state index contributed by atoms with van der Waals surface area (Å²) >= 11 is 0. The van der Waals surface area contributed by atoms with Crippen LogP contribution >= 0.6 is 0 Å². The number of rotatable bonds is 4. The van der Waals surface area contributed by atoms with Crippen molar-refractivity contribution in [3.05, 3.63) is 61.2 Å². The van der Waals surface area contributed by atoms with Crippen LogP contribution in [0.25, 0.3) is 22.0 Å². The highest BCUT2D eigenvalue weighted by atomic mass is 16.5. The summed E-state index contributed by atoms with van der Waals surface area (Å²) in [4.78, 5) is 13.8. The van der Waals surface area contributed by atoms with E-state index >= 15 is 0 Å². The molecule has 2 aromatic carbocycles. The summed E-state index contributed by atoms with van der Waals surface area (Å²) in [6.07, 6.45) is 5.39. The molecule has 146 valence electrons. The van der Waals surface area contributed by atoms with Gasteiger partial charge in [0.05, 0.1) is 18.8 Å². The van der Waals surface area contributed by atoms with Gasteiger partial charge in [0.1, 0.15) is 17.9 Å². The van der Waals surface area contributed by atoms with Crippen LogP contribution < -0.4 is 14.5 Å². The third-order valence-corrected chi connectivity index (χ3v) is 5.46. The van der Waals surface area contributed by atoms with Gasteiger partial charge in [-0.05, 0) is 42.0 Å². The van der Waals surface area contributed by atoms with E-state index in [9.17, 15) is 0 Å². The molecule has 0 aliphatic carbocycles. The summed E-state index contributed by atoms with van der Waals surface area (Å²) in [6.45, 7) is 3.71. The molecule has 0 amide bonds. The molecule has 4 aromatic rings. The maximum Gasteiger partial charge on any atom is 0.140 e. The molecule has 1 aliphatic rings. The number of fused-ring (bicyclic) bond motifs is 1. The average molecular weight is 386 g/mol. The van der Waals surface area contributed by atoms with Crippen molar-refractivity contribution in [2.45, 2.75) is 0 Å². The first-order chi connectivity index (χ1) is 14.3. The Kier molecular flexibility index (Phi) is 4.48. The molecular formula is C22H22N6O. The number of ether oxygens (including phenoxy) is 1. The molecule has 2 aromatic heterocycles. The first-order valence-electron chi connectivity index (χ1n) is 9.70. The normalized spacial score (nSPS) is 14.4. The van der Waals surface area contributed by atoms with Crippen LogP contribution in [0.4, 0.5) is 11.5 Å². The van der Waals surface area contributed by atoms with E-state index in [4.69, 9.17) is 4.74 Å². The van der Waals surface area contributed by atoms with Gasteiger partial charge in [0.25, 0.3) is 0 Å². The van der Waals surface area contributed by atoms with E-state index in [1.54, 1.807) is 13.4 Å². The molecule has 1 fully saturated rings. The van der Waals surface area contributed by atoms with Crippen LogP contribution in [0, 0.1) is 0 Å². The predicted octanol–water partition coefficient (Wildman–Crippen LogP) is 3.36. The smallest absolute Gasteiger partial charge is 0.140 e. The first kappa shape index (κ1) is 17.5. The van der Waals surface area contributed by atoms with Crippen molar-refractivity contribution in [3.8, 4) is 16.9 Å². The van der Waals surface area contributed by atoms with Crippen LogP contribution in [0.2, 0.25) is 0 Å². The number of anilines is 2. The number of methoxy groups -OCH3 is 1. The molecule has 1 aliphatic heterocycles. The van der Waals surface area contributed by atoms with Crippen molar-refractivity contribution in [3.63, 3.8) is 0 Å². The molecule has 0 radical (unpaired) electrons. The molecule has 3 heterocycles. The summed E-state index contributed by atoms with van der Waals surface area (Å²) < 4.78 is 5.26. The number of hydrogen-bond donors (Lipinski definition) is 1. The SMILES string of the molecule is COc1ccc(N2CCN(c3ncnc4ccc(-c5cn[nH]c5)cc34)CC2)cc1. The van der Waals surface area contributed by atoms with Crippen molar-refractivity contribution >= 4 is 22.4 Å². The Bertz CT molecular complexity index is 1100. The minimum atomic E-state index is 0.883. The number of nitrogens with one attached hydrogen (secondary N) is 1. The fraction of sp³-hybridized carbons (Fsp3) is 0.227. The monoisotopic (exact) mass is 386 g/mol. The topological polar surface area (TPSA) is 70.2 Å². The summed E-state index contributed by atoms with van der Waals surface area (Å²) in [5, 5.41) is 8.01. The van der Waals surface area contributed by atoms with Gasteiger partial charge in [-0.25, -0.2) is 9.97 Å². The summed E-state index contributed by atoms with van der Waals surface area (Å²) in [7, 11) is 1.69. The highest BCUT2D eigenvalue weighted by Gasteiger charge is 2.20. The van der Waals surface area contributed by atoms with Crippen LogP contribution in [0.15, 0.2) is 61.2 Å². The molecule has 0 saturated carbocycles. The van der Waals surface area contributed by atoms with E-state index in [0.29, 0.717) is 0 Å². The molecule has 5 rings (SSSR count). The quantitative estimate of drug-likeness (QED) is 0.580. The standard InChI is InChI=1S/C22H22N6O/c1-29-19-5-3-18(4-6-19)27-8-10-28(11-9-27)22-20-12-16(17-13-25-26-14-17)2-7-21(20)23-15-24-22/h2-7,12-15H,8-11H2,1H3,(H,25,26). The van der Waals surface area contributed by atoms with Gasteiger partial charge >= 0.3 is 0 Å². The second-order valence-electron chi connectivity index (χ2n) is 7.09. The van der Waals surface area contributed by atoms with E-state index in [-0.39, 0.29) is 0 Å². The molecule has 0 bridgehead atoms. The summed E-state index contributed by atoms with van der Waals surface area (Å²) in [5.74, 6) is 1.88. The number of aromatic amines is 1. The molecule has 7 nitrogen and oxygen atoms in total. The largest absolute Gasteiger partial charge is 0.497 e. The van der Waals surface area contributed by atoms with Crippen molar-refractivity contribution in [2.24, 2.45) is 0 Å². The maximum atomic E-state index is 5.26. The Morgan fingerprint density at radius 1 is 0.897 bits per heavy atom. The Morgan fingerprint density at radius 3 is 2.41 bits per heavy atom. The Labute approximate surface area is 169 Å². The predicted molar refractivity (Wildman–Crippen MR) is 115 cm³/mol. The van der Waals surface area contributed by atoms with E-state index in [1.165, 1.54) is 5.69 Å². The third-order valence-electron chi connectivity index (χ3n) is 5.46. The van der Waals surface area contributed by atoms with Gasteiger partial charge in [0.2, 0.25) is 0 Å². The Hall–Kier alpha value is -3.61. The number of aromatic nitrogens is 4. The Morgan fingerprint density at radius 2 is 1.69 bits per heavy atom. The van der Waals surface area contributed by atoms with Gasteiger partial charge in [0, 0.05) is 49.0 Å². The number of H-pyrrole nitrogens is 1. The minimum Gasteiger partial charge on any atom is -0.497 e. The highest BCUT2D eigenvalue weighted by molar-refractivity contribution is 5.92. The van der Waals surface area contributed by atoms with Gasteiger partial charge < -0.3 is 14.5 Å².